The van der Waals surface area contributed by atoms with Gasteiger partial charge in [0.1, 0.15) is 11.3 Å². The minimum Gasteiger partial charge on any atom is -0.497 e. The first kappa shape index (κ1) is 12.7. The lowest BCUT2D eigenvalue weighted by atomic mass is 10.2. The summed E-state index contributed by atoms with van der Waals surface area (Å²) in [6, 6.07) is 17.7. The van der Waals surface area contributed by atoms with Crippen molar-refractivity contribution >= 4 is 11.1 Å². The molecule has 0 fully saturated rings. The topological polar surface area (TPSA) is 40.2 Å². The van der Waals surface area contributed by atoms with Gasteiger partial charge in [0.05, 0.1) is 7.11 Å². The zero-order valence-corrected chi connectivity index (χ0v) is 12.1. The average molecular weight is 290 g/mol. The monoisotopic (exact) mass is 290 g/mol. The van der Waals surface area contributed by atoms with Crippen LogP contribution in [-0.2, 0) is 0 Å². The van der Waals surface area contributed by atoms with Crippen LogP contribution in [0.25, 0.3) is 28.2 Å². The van der Waals surface area contributed by atoms with E-state index in [2.05, 4.69) is 4.98 Å². The van der Waals surface area contributed by atoms with E-state index in [1.165, 1.54) is 0 Å². The van der Waals surface area contributed by atoms with E-state index in [-0.39, 0.29) is 0 Å². The van der Waals surface area contributed by atoms with Gasteiger partial charge in [-0.1, -0.05) is 0 Å². The number of hydrogen-bond acceptors (Lipinski definition) is 3. The van der Waals surface area contributed by atoms with Crippen molar-refractivity contribution in [3.05, 3.63) is 67.0 Å². The van der Waals surface area contributed by atoms with Crippen LogP contribution < -0.4 is 4.74 Å². The normalized spacial score (nSPS) is 11.0. The van der Waals surface area contributed by atoms with Crippen LogP contribution in [0.1, 0.15) is 0 Å². The van der Waals surface area contributed by atoms with Crippen molar-refractivity contribution in [3.63, 3.8) is 0 Å². The Balaban J connectivity index is 1.76. The summed E-state index contributed by atoms with van der Waals surface area (Å²) < 4.78 is 13.0. The van der Waals surface area contributed by atoms with E-state index in [4.69, 9.17) is 9.15 Å². The van der Waals surface area contributed by atoms with E-state index < -0.39 is 0 Å². The molecule has 2 aromatic carbocycles. The summed E-state index contributed by atoms with van der Waals surface area (Å²) >= 11 is 0. The van der Waals surface area contributed by atoms with Gasteiger partial charge in [-0.2, -0.15) is 0 Å². The van der Waals surface area contributed by atoms with E-state index in [1.54, 1.807) is 7.11 Å². The molecular weight excluding hydrogens is 276 g/mol. The van der Waals surface area contributed by atoms with Crippen molar-refractivity contribution in [2.75, 3.05) is 7.11 Å². The summed E-state index contributed by atoms with van der Waals surface area (Å²) in [5.74, 6) is 1.43. The predicted molar refractivity (Wildman–Crippen MR) is 85.3 cm³/mol. The molecule has 0 aliphatic heterocycles. The highest BCUT2D eigenvalue weighted by molar-refractivity contribution is 5.78. The lowest BCUT2D eigenvalue weighted by Gasteiger charge is -2.00. The Bertz CT molecular complexity index is 906. The molecule has 0 spiro atoms. The highest BCUT2D eigenvalue weighted by Gasteiger charge is 2.09. The second kappa shape index (κ2) is 5.07. The van der Waals surface area contributed by atoms with Crippen molar-refractivity contribution in [2.45, 2.75) is 0 Å². The van der Waals surface area contributed by atoms with Gasteiger partial charge in [0.2, 0.25) is 5.89 Å². The molecule has 0 bridgehead atoms. The van der Waals surface area contributed by atoms with Gasteiger partial charge in [0.15, 0.2) is 5.58 Å². The van der Waals surface area contributed by atoms with E-state index in [1.807, 2.05) is 71.6 Å². The quantitative estimate of drug-likeness (QED) is 0.565. The third kappa shape index (κ3) is 2.15. The number of oxazole rings is 1. The largest absolute Gasteiger partial charge is 0.497 e. The molecule has 22 heavy (non-hydrogen) atoms. The lowest BCUT2D eigenvalue weighted by molar-refractivity contribution is 0.415. The number of rotatable bonds is 3. The van der Waals surface area contributed by atoms with Crippen LogP contribution in [0.3, 0.4) is 0 Å². The Hall–Kier alpha value is -3.01. The van der Waals surface area contributed by atoms with E-state index in [0.717, 1.165) is 28.1 Å². The van der Waals surface area contributed by atoms with Crippen LogP contribution in [0.4, 0.5) is 0 Å². The van der Waals surface area contributed by atoms with Gasteiger partial charge in [-0.3, -0.25) is 0 Å². The van der Waals surface area contributed by atoms with Gasteiger partial charge < -0.3 is 13.7 Å². The number of ether oxygens (including phenoxy) is 1. The van der Waals surface area contributed by atoms with Gasteiger partial charge in [0.25, 0.3) is 0 Å². The molecule has 4 heteroatoms. The summed E-state index contributed by atoms with van der Waals surface area (Å²) in [7, 11) is 1.65. The molecule has 0 aliphatic rings. The second-order valence-corrected chi connectivity index (χ2v) is 4.99. The zero-order chi connectivity index (χ0) is 14.9. The maximum atomic E-state index is 5.84. The number of methoxy groups -OCH3 is 1. The molecule has 0 radical (unpaired) electrons. The smallest absolute Gasteiger partial charge is 0.227 e. The first-order chi connectivity index (χ1) is 10.8. The van der Waals surface area contributed by atoms with Crippen molar-refractivity contribution in [2.24, 2.45) is 0 Å². The second-order valence-electron chi connectivity index (χ2n) is 4.99. The molecule has 0 unspecified atom stereocenters. The maximum Gasteiger partial charge on any atom is 0.227 e. The Morgan fingerprint density at radius 3 is 2.50 bits per heavy atom. The first-order valence-electron chi connectivity index (χ1n) is 7.02. The molecule has 0 saturated carbocycles. The number of nitrogens with zero attached hydrogens (tertiary/aromatic N) is 2. The van der Waals surface area contributed by atoms with Gasteiger partial charge in [0, 0.05) is 23.6 Å². The van der Waals surface area contributed by atoms with E-state index in [9.17, 15) is 0 Å². The van der Waals surface area contributed by atoms with E-state index >= 15 is 0 Å². The molecule has 0 N–H and O–H groups in total. The highest BCUT2D eigenvalue weighted by atomic mass is 16.5. The molecule has 2 aromatic heterocycles. The number of aromatic nitrogens is 2. The Morgan fingerprint density at radius 2 is 1.77 bits per heavy atom. The molecule has 4 nitrogen and oxygen atoms in total. The molecule has 4 rings (SSSR count). The Labute approximate surface area is 127 Å². The molecule has 0 amide bonds. The van der Waals surface area contributed by atoms with Gasteiger partial charge in [-0.25, -0.2) is 4.98 Å². The third-order valence-electron chi connectivity index (χ3n) is 3.61. The number of benzene rings is 2. The summed E-state index contributed by atoms with van der Waals surface area (Å²) in [6.07, 6.45) is 4.01. The fraction of sp³-hybridized carbons (Fsp3) is 0.0556. The fourth-order valence-electron chi connectivity index (χ4n) is 2.44. The van der Waals surface area contributed by atoms with Crippen molar-refractivity contribution in [1.29, 1.82) is 0 Å². The van der Waals surface area contributed by atoms with Crippen molar-refractivity contribution in [1.82, 2.24) is 9.55 Å². The molecule has 108 valence electrons. The summed E-state index contributed by atoms with van der Waals surface area (Å²) in [6.45, 7) is 0. The molecule has 2 heterocycles. The average Bonchev–Trinajstić information content (AvgIpc) is 3.23. The minimum atomic E-state index is 0.613. The summed E-state index contributed by atoms with van der Waals surface area (Å²) in [5.41, 5.74) is 3.62. The Kier molecular flexibility index (Phi) is 2.93. The van der Waals surface area contributed by atoms with Gasteiger partial charge >= 0.3 is 0 Å². The minimum absolute atomic E-state index is 0.613. The SMILES string of the molecule is COc1ccc(-c2nc3cc(-n4cccc4)ccc3o2)cc1. The van der Waals surface area contributed by atoms with Crippen LogP contribution in [0.2, 0.25) is 0 Å². The summed E-state index contributed by atoms with van der Waals surface area (Å²) in [5, 5.41) is 0. The van der Waals surface area contributed by atoms with Crippen LogP contribution in [-0.4, -0.2) is 16.7 Å². The molecule has 0 atom stereocenters. The van der Waals surface area contributed by atoms with Crippen molar-refractivity contribution < 1.29 is 9.15 Å². The van der Waals surface area contributed by atoms with Crippen LogP contribution in [0, 0.1) is 0 Å². The highest BCUT2D eigenvalue weighted by Crippen LogP contribution is 2.27. The standard InChI is InChI=1S/C18H14N2O2/c1-21-15-7-4-13(5-8-15)18-19-16-12-14(6-9-17(16)22-18)20-10-2-3-11-20/h2-12H,1H3. The van der Waals surface area contributed by atoms with Crippen LogP contribution in [0.15, 0.2) is 71.4 Å². The van der Waals surface area contributed by atoms with Crippen LogP contribution in [0.5, 0.6) is 5.75 Å². The molecular formula is C18H14N2O2. The van der Waals surface area contributed by atoms with Gasteiger partial charge in [-0.05, 0) is 54.6 Å². The first-order valence-corrected chi connectivity index (χ1v) is 7.02. The molecule has 0 saturated heterocycles. The van der Waals surface area contributed by atoms with Crippen molar-refractivity contribution in [3.8, 4) is 22.9 Å². The van der Waals surface area contributed by atoms with Gasteiger partial charge in [-0.15, -0.1) is 0 Å². The zero-order valence-electron chi connectivity index (χ0n) is 12.1. The Morgan fingerprint density at radius 1 is 1.00 bits per heavy atom. The number of hydrogen-bond donors (Lipinski definition) is 0. The maximum absolute atomic E-state index is 5.84. The fourth-order valence-corrected chi connectivity index (χ4v) is 2.44. The van der Waals surface area contributed by atoms with E-state index in [0.29, 0.717) is 5.89 Å². The molecule has 0 aliphatic carbocycles. The predicted octanol–water partition coefficient (Wildman–Crippen LogP) is 4.29. The third-order valence-corrected chi connectivity index (χ3v) is 3.61. The lowest BCUT2D eigenvalue weighted by Crippen LogP contribution is -1.88. The molecule has 4 aromatic rings. The van der Waals surface area contributed by atoms with Crippen LogP contribution >= 0.6 is 0 Å². The summed E-state index contributed by atoms with van der Waals surface area (Å²) in [4.78, 5) is 4.59. The number of fused-ring (bicyclic) bond motifs is 1.